The number of benzene rings is 1. The van der Waals surface area contributed by atoms with E-state index in [0.717, 1.165) is 37.3 Å². The van der Waals surface area contributed by atoms with Crippen molar-refractivity contribution in [1.29, 1.82) is 0 Å². The summed E-state index contributed by atoms with van der Waals surface area (Å²) in [5.74, 6) is 6.28. The minimum Gasteiger partial charge on any atom is -0.369 e. The van der Waals surface area contributed by atoms with E-state index in [0.29, 0.717) is 0 Å². The molecule has 0 amide bonds. The van der Waals surface area contributed by atoms with Gasteiger partial charge in [-0.05, 0) is 38.2 Å². The molecule has 0 aromatic heterocycles. The van der Waals surface area contributed by atoms with Crippen LogP contribution in [0.3, 0.4) is 0 Å². The Morgan fingerprint density at radius 3 is 2.04 bits per heavy atom. The summed E-state index contributed by atoms with van der Waals surface area (Å²) in [6.45, 7) is 20.2. The second-order valence-electron chi connectivity index (χ2n) is 5.04. The van der Waals surface area contributed by atoms with E-state index in [1.807, 2.05) is 26.8 Å². The normalized spacial score (nSPS) is 14.2. The Kier molecular flexibility index (Phi) is 12.0. The Bertz CT molecular complexity index is 550. The van der Waals surface area contributed by atoms with Crippen LogP contribution >= 0.6 is 0 Å². The molecule has 0 radical (unpaired) electrons. The average molecular weight is 325 g/mol. The molecule has 2 rings (SSSR count). The molecule has 0 atom stereocenters. The Hall–Kier alpha value is -2.24. The van der Waals surface area contributed by atoms with Crippen molar-refractivity contribution in [3.63, 3.8) is 0 Å². The van der Waals surface area contributed by atoms with Gasteiger partial charge < -0.3 is 9.80 Å². The molecule has 1 aromatic rings. The van der Waals surface area contributed by atoms with Gasteiger partial charge in [0.15, 0.2) is 0 Å². The first-order valence-corrected chi connectivity index (χ1v) is 8.57. The number of allylic oxidation sites excluding steroid dienone is 3. The summed E-state index contributed by atoms with van der Waals surface area (Å²) in [7, 11) is 2.18. The molecule has 24 heavy (non-hydrogen) atoms. The lowest BCUT2D eigenvalue weighted by Gasteiger charge is -2.34. The second kappa shape index (κ2) is 13.2. The molecule has 1 aromatic carbocycles. The summed E-state index contributed by atoms with van der Waals surface area (Å²) in [6.07, 6.45) is 3.75. The molecule has 0 spiro atoms. The highest BCUT2D eigenvalue weighted by Crippen LogP contribution is 2.16. The molecule has 1 aliphatic rings. The largest absolute Gasteiger partial charge is 0.369 e. The maximum absolute atomic E-state index is 3.74. The van der Waals surface area contributed by atoms with Crippen LogP contribution in [0.4, 0.5) is 5.69 Å². The molecule has 1 heterocycles. The lowest BCUT2D eigenvalue weighted by Crippen LogP contribution is -2.44. The zero-order chi connectivity index (χ0) is 18.4. The third-order valence-corrected chi connectivity index (χ3v) is 3.62. The van der Waals surface area contributed by atoms with Crippen LogP contribution in [0.25, 0.3) is 0 Å². The summed E-state index contributed by atoms with van der Waals surface area (Å²) < 4.78 is 0. The van der Waals surface area contributed by atoms with Gasteiger partial charge in [0, 0.05) is 43.0 Å². The maximum atomic E-state index is 3.74. The maximum Gasteiger partial charge on any atom is 0.0367 e. The fraction of sp³-hybridized carbons (Fsp3) is 0.364. The highest BCUT2D eigenvalue weighted by Gasteiger charge is 2.13. The molecule has 0 unspecified atom stereocenters. The summed E-state index contributed by atoms with van der Waals surface area (Å²) in [5.41, 5.74) is 3.30. The van der Waals surface area contributed by atoms with Gasteiger partial charge >= 0.3 is 0 Å². The van der Waals surface area contributed by atoms with Crippen LogP contribution in [-0.4, -0.2) is 38.1 Å². The minimum absolute atomic E-state index is 0.966. The van der Waals surface area contributed by atoms with Crippen molar-refractivity contribution in [3.8, 4) is 11.8 Å². The predicted molar refractivity (Wildman–Crippen MR) is 110 cm³/mol. The van der Waals surface area contributed by atoms with Gasteiger partial charge in [0.05, 0.1) is 0 Å². The fourth-order valence-electron chi connectivity index (χ4n) is 2.21. The second-order valence-corrected chi connectivity index (χ2v) is 5.04. The van der Waals surface area contributed by atoms with Crippen molar-refractivity contribution in [2.24, 2.45) is 0 Å². The van der Waals surface area contributed by atoms with Crippen LogP contribution in [0.15, 0.2) is 61.7 Å². The van der Waals surface area contributed by atoms with Crippen molar-refractivity contribution in [2.45, 2.75) is 20.8 Å². The van der Waals surface area contributed by atoms with Crippen molar-refractivity contribution in [3.05, 3.63) is 67.3 Å². The SMILES string of the molecule is C=C.C=C/C(C#Cc1ccc(N2CCN(C)CC2)cc1)=C\C.CC. The summed E-state index contributed by atoms with van der Waals surface area (Å²) in [6, 6.07) is 8.52. The van der Waals surface area contributed by atoms with E-state index >= 15 is 0 Å². The van der Waals surface area contributed by atoms with Gasteiger partial charge in [-0.3, -0.25) is 0 Å². The molecule has 0 N–H and O–H groups in total. The Labute approximate surface area is 149 Å². The van der Waals surface area contributed by atoms with E-state index in [1.165, 1.54) is 5.69 Å². The number of likely N-dealkylation sites (N-methyl/N-ethyl adjacent to an activating group) is 1. The van der Waals surface area contributed by atoms with E-state index in [1.54, 1.807) is 6.08 Å². The molecule has 0 saturated carbocycles. The van der Waals surface area contributed by atoms with Gasteiger partial charge in [-0.15, -0.1) is 13.2 Å². The first-order valence-electron chi connectivity index (χ1n) is 8.57. The summed E-state index contributed by atoms with van der Waals surface area (Å²) >= 11 is 0. The monoisotopic (exact) mass is 324 g/mol. The number of anilines is 1. The molecule has 1 aliphatic heterocycles. The van der Waals surface area contributed by atoms with Crippen molar-refractivity contribution >= 4 is 5.69 Å². The molecule has 130 valence electrons. The Balaban J connectivity index is 0.00000123. The number of nitrogens with zero attached hydrogens (tertiary/aromatic N) is 2. The van der Waals surface area contributed by atoms with E-state index in [-0.39, 0.29) is 0 Å². The van der Waals surface area contributed by atoms with Gasteiger partial charge in [-0.1, -0.05) is 44.4 Å². The molecule has 0 aliphatic carbocycles. The van der Waals surface area contributed by atoms with Crippen LogP contribution in [0, 0.1) is 11.8 Å². The zero-order valence-corrected chi connectivity index (χ0v) is 15.8. The van der Waals surface area contributed by atoms with Crippen molar-refractivity contribution in [1.82, 2.24) is 4.90 Å². The summed E-state index contributed by atoms with van der Waals surface area (Å²) in [5, 5.41) is 0. The lowest BCUT2D eigenvalue weighted by atomic mass is 10.1. The number of hydrogen-bond donors (Lipinski definition) is 0. The molecule has 1 saturated heterocycles. The topological polar surface area (TPSA) is 6.48 Å². The standard InChI is InChI=1S/C18H22N2.C2H6.C2H4/c1-4-16(5-2)6-7-17-8-10-18(11-9-17)20-14-12-19(3)13-15-20;2*1-2/h4-5,8-11H,1,12-15H2,2-3H3;1-2H3;1-2H2/b16-5+;;. The number of piperazine rings is 1. The first-order chi connectivity index (χ1) is 11.7. The molecular weight excluding hydrogens is 292 g/mol. The van der Waals surface area contributed by atoms with Gasteiger partial charge in [-0.25, -0.2) is 0 Å². The molecule has 2 heteroatoms. The van der Waals surface area contributed by atoms with Crippen LogP contribution < -0.4 is 4.90 Å². The van der Waals surface area contributed by atoms with Gasteiger partial charge in [0.1, 0.15) is 0 Å². The Morgan fingerprint density at radius 2 is 1.58 bits per heavy atom. The third kappa shape index (κ3) is 7.35. The first kappa shape index (κ1) is 21.8. The zero-order valence-electron chi connectivity index (χ0n) is 15.8. The van der Waals surface area contributed by atoms with Crippen LogP contribution in [-0.2, 0) is 0 Å². The van der Waals surface area contributed by atoms with E-state index < -0.39 is 0 Å². The minimum atomic E-state index is 0.966. The number of rotatable bonds is 2. The fourth-order valence-corrected chi connectivity index (χ4v) is 2.21. The van der Waals surface area contributed by atoms with E-state index in [4.69, 9.17) is 0 Å². The van der Waals surface area contributed by atoms with E-state index in [9.17, 15) is 0 Å². The van der Waals surface area contributed by atoms with Crippen LogP contribution in [0.1, 0.15) is 26.3 Å². The quantitative estimate of drug-likeness (QED) is 0.440. The van der Waals surface area contributed by atoms with Gasteiger partial charge in [0.2, 0.25) is 0 Å². The molecule has 2 nitrogen and oxygen atoms in total. The van der Waals surface area contributed by atoms with Crippen molar-refractivity contribution < 1.29 is 0 Å². The number of hydrogen-bond acceptors (Lipinski definition) is 2. The van der Waals surface area contributed by atoms with Crippen molar-refractivity contribution in [2.75, 3.05) is 38.1 Å². The molecule has 1 fully saturated rings. The summed E-state index contributed by atoms with van der Waals surface area (Å²) in [4.78, 5) is 4.79. The molecule has 0 bridgehead atoms. The smallest absolute Gasteiger partial charge is 0.0367 e. The Morgan fingerprint density at radius 1 is 1.04 bits per heavy atom. The van der Waals surface area contributed by atoms with Crippen LogP contribution in [0.5, 0.6) is 0 Å². The van der Waals surface area contributed by atoms with Gasteiger partial charge in [-0.2, -0.15) is 0 Å². The van der Waals surface area contributed by atoms with E-state index in [2.05, 4.69) is 72.7 Å². The highest BCUT2D eigenvalue weighted by molar-refractivity contribution is 5.52. The third-order valence-electron chi connectivity index (χ3n) is 3.62. The lowest BCUT2D eigenvalue weighted by molar-refractivity contribution is 0.313. The van der Waals surface area contributed by atoms with Gasteiger partial charge in [0.25, 0.3) is 0 Å². The highest BCUT2D eigenvalue weighted by atomic mass is 15.2. The van der Waals surface area contributed by atoms with Crippen LogP contribution in [0.2, 0.25) is 0 Å². The molecular formula is C22H32N2. The average Bonchev–Trinajstić information content (AvgIpc) is 2.67. The predicted octanol–water partition coefficient (Wildman–Crippen LogP) is 4.75.